The van der Waals surface area contributed by atoms with Gasteiger partial charge in [-0.15, -0.1) is 5.10 Å². The fourth-order valence-electron chi connectivity index (χ4n) is 1.90. The van der Waals surface area contributed by atoms with Crippen molar-refractivity contribution in [3.8, 4) is 5.88 Å². The smallest absolute Gasteiger partial charge is 0.237 e. The third-order valence-corrected chi connectivity index (χ3v) is 2.83. The first-order chi connectivity index (χ1) is 7.90. The van der Waals surface area contributed by atoms with Crippen LogP contribution < -0.4 is 10.5 Å². The van der Waals surface area contributed by atoms with Crippen LogP contribution in [-0.2, 0) is 6.54 Å². The molecule has 1 aromatic rings. The summed E-state index contributed by atoms with van der Waals surface area (Å²) < 4.78 is 5.59. The Bertz CT molecular complexity index is 326. The van der Waals surface area contributed by atoms with Crippen molar-refractivity contribution in [2.75, 3.05) is 26.2 Å². The molecule has 0 unspecified atom stereocenters. The van der Waals surface area contributed by atoms with Gasteiger partial charge in [0.1, 0.15) is 6.61 Å². The van der Waals surface area contributed by atoms with Crippen LogP contribution >= 0.6 is 0 Å². The Hall–Kier alpha value is -1.20. The van der Waals surface area contributed by atoms with E-state index in [9.17, 15) is 0 Å². The zero-order valence-corrected chi connectivity index (χ0v) is 9.43. The lowest BCUT2D eigenvalue weighted by molar-refractivity contribution is 0.228. The Morgan fingerprint density at radius 2 is 2.19 bits per heavy atom. The summed E-state index contributed by atoms with van der Waals surface area (Å²) in [5, 5.41) is 7.74. The average Bonchev–Trinajstić information content (AvgIpc) is 2.83. The molecule has 88 valence electrons. The molecular formula is C11H18N4O. The van der Waals surface area contributed by atoms with Gasteiger partial charge in [-0.25, -0.2) is 0 Å². The van der Waals surface area contributed by atoms with Gasteiger partial charge in [0.2, 0.25) is 5.88 Å². The molecule has 1 aromatic heterocycles. The second kappa shape index (κ2) is 5.77. The van der Waals surface area contributed by atoms with Crippen molar-refractivity contribution >= 4 is 0 Å². The molecule has 16 heavy (non-hydrogen) atoms. The van der Waals surface area contributed by atoms with Gasteiger partial charge in [-0.2, -0.15) is 5.10 Å². The predicted octanol–water partition coefficient (Wildman–Crippen LogP) is 0.410. The number of nitrogens with two attached hydrogens (primary N) is 1. The molecule has 0 bridgehead atoms. The minimum absolute atomic E-state index is 0.439. The molecule has 0 aromatic carbocycles. The van der Waals surface area contributed by atoms with E-state index in [2.05, 4.69) is 15.1 Å². The number of nitrogens with zero attached hydrogens (tertiary/aromatic N) is 3. The molecule has 2 N–H and O–H groups in total. The van der Waals surface area contributed by atoms with Crippen LogP contribution in [0.3, 0.4) is 0 Å². The molecule has 0 saturated carbocycles. The molecule has 2 rings (SSSR count). The van der Waals surface area contributed by atoms with Crippen molar-refractivity contribution in [3.05, 3.63) is 17.8 Å². The van der Waals surface area contributed by atoms with Crippen LogP contribution in [0, 0.1) is 0 Å². The second-order valence-electron chi connectivity index (χ2n) is 3.96. The molecular weight excluding hydrogens is 204 g/mol. The molecule has 1 aliphatic heterocycles. The summed E-state index contributed by atoms with van der Waals surface area (Å²) in [7, 11) is 0. The van der Waals surface area contributed by atoms with Gasteiger partial charge in [-0.1, -0.05) is 0 Å². The summed E-state index contributed by atoms with van der Waals surface area (Å²) in [6.45, 7) is 4.43. The average molecular weight is 222 g/mol. The standard InChI is InChI=1S/C11H18N4O/c12-9-10-3-4-13-14-11(10)16-8-7-15-5-1-2-6-15/h3-4H,1-2,5-9,12H2. The maximum atomic E-state index is 5.59. The normalized spacial score (nSPS) is 16.6. The van der Waals surface area contributed by atoms with E-state index < -0.39 is 0 Å². The molecule has 0 radical (unpaired) electrons. The second-order valence-corrected chi connectivity index (χ2v) is 3.96. The van der Waals surface area contributed by atoms with Crippen LogP contribution in [0.4, 0.5) is 0 Å². The van der Waals surface area contributed by atoms with Gasteiger partial charge in [0, 0.05) is 18.7 Å². The number of hydrogen-bond donors (Lipinski definition) is 1. The third-order valence-electron chi connectivity index (χ3n) is 2.83. The van der Waals surface area contributed by atoms with Gasteiger partial charge in [-0.3, -0.25) is 4.90 Å². The number of rotatable bonds is 5. The first-order valence-corrected chi connectivity index (χ1v) is 5.76. The van der Waals surface area contributed by atoms with Crippen LogP contribution in [-0.4, -0.2) is 41.3 Å². The summed E-state index contributed by atoms with van der Waals surface area (Å²) in [5.41, 5.74) is 6.50. The lowest BCUT2D eigenvalue weighted by atomic mass is 10.3. The van der Waals surface area contributed by atoms with Crippen molar-refractivity contribution in [1.82, 2.24) is 15.1 Å². The van der Waals surface area contributed by atoms with Gasteiger partial charge in [0.05, 0.1) is 6.20 Å². The molecule has 5 heteroatoms. The SMILES string of the molecule is NCc1ccnnc1OCCN1CCCC1. The van der Waals surface area contributed by atoms with E-state index in [1.807, 2.05) is 6.07 Å². The molecule has 5 nitrogen and oxygen atoms in total. The fraction of sp³-hybridized carbons (Fsp3) is 0.636. The zero-order chi connectivity index (χ0) is 11.2. The van der Waals surface area contributed by atoms with E-state index in [0.29, 0.717) is 19.0 Å². The van der Waals surface area contributed by atoms with Crippen molar-refractivity contribution in [1.29, 1.82) is 0 Å². The highest BCUT2D eigenvalue weighted by Gasteiger charge is 2.11. The number of likely N-dealkylation sites (tertiary alicyclic amines) is 1. The van der Waals surface area contributed by atoms with Gasteiger partial charge >= 0.3 is 0 Å². The topological polar surface area (TPSA) is 64.3 Å². The van der Waals surface area contributed by atoms with E-state index in [4.69, 9.17) is 10.5 Å². The van der Waals surface area contributed by atoms with Gasteiger partial charge in [0.15, 0.2) is 0 Å². The third kappa shape index (κ3) is 2.90. The Balaban J connectivity index is 1.79. The Morgan fingerprint density at radius 3 is 2.94 bits per heavy atom. The van der Waals surface area contributed by atoms with Crippen LogP contribution in [0.25, 0.3) is 0 Å². The summed E-state index contributed by atoms with van der Waals surface area (Å²) in [6.07, 6.45) is 4.24. The summed E-state index contributed by atoms with van der Waals surface area (Å²) in [6, 6.07) is 1.85. The highest BCUT2D eigenvalue weighted by atomic mass is 16.5. The highest BCUT2D eigenvalue weighted by Crippen LogP contribution is 2.12. The minimum Gasteiger partial charge on any atom is -0.475 e. The molecule has 1 aliphatic rings. The molecule has 1 saturated heterocycles. The minimum atomic E-state index is 0.439. The Labute approximate surface area is 95.6 Å². The highest BCUT2D eigenvalue weighted by molar-refractivity contribution is 5.22. The molecule has 0 atom stereocenters. The lowest BCUT2D eigenvalue weighted by Crippen LogP contribution is -2.25. The number of ether oxygens (including phenoxy) is 1. The number of aromatic nitrogens is 2. The van der Waals surface area contributed by atoms with E-state index >= 15 is 0 Å². The van der Waals surface area contributed by atoms with Crippen LogP contribution in [0.15, 0.2) is 12.3 Å². The fourth-order valence-corrected chi connectivity index (χ4v) is 1.90. The first-order valence-electron chi connectivity index (χ1n) is 5.76. The van der Waals surface area contributed by atoms with Crippen molar-refractivity contribution in [2.24, 2.45) is 5.73 Å². The maximum Gasteiger partial charge on any atom is 0.237 e. The van der Waals surface area contributed by atoms with E-state index in [0.717, 1.165) is 12.1 Å². The van der Waals surface area contributed by atoms with E-state index in [1.165, 1.54) is 25.9 Å². The Kier molecular flexibility index (Phi) is 4.07. The van der Waals surface area contributed by atoms with Crippen LogP contribution in [0.5, 0.6) is 5.88 Å². The quantitative estimate of drug-likeness (QED) is 0.781. The molecule has 0 aliphatic carbocycles. The van der Waals surface area contributed by atoms with Crippen molar-refractivity contribution in [2.45, 2.75) is 19.4 Å². The van der Waals surface area contributed by atoms with Crippen molar-refractivity contribution in [3.63, 3.8) is 0 Å². The lowest BCUT2D eigenvalue weighted by Gasteiger charge is -2.15. The zero-order valence-electron chi connectivity index (χ0n) is 9.43. The first kappa shape index (κ1) is 11.3. The van der Waals surface area contributed by atoms with Crippen LogP contribution in [0.2, 0.25) is 0 Å². The van der Waals surface area contributed by atoms with Gasteiger partial charge < -0.3 is 10.5 Å². The molecule has 2 heterocycles. The maximum absolute atomic E-state index is 5.59. The predicted molar refractivity (Wildman–Crippen MR) is 61.1 cm³/mol. The molecule has 1 fully saturated rings. The molecule has 0 spiro atoms. The van der Waals surface area contributed by atoms with Gasteiger partial charge in [-0.05, 0) is 32.0 Å². The summed E-state index contributed by atoms with van der Waals surface area (Å²) >= 11 is 0. The van der Waals surface area contributed by atoms with Crippen molar-refractivity contribution < 1.29 is 4.74 Å². The van der Waals surface area contributed by atoms with Crippen LogP contribution in [0.1, 0.15) is 18.4 Å². The van der Waals surface area contributed by atoms with E-state index in [-0.39, 0.29) is 0 Å². The van der Waals surface area contributed by atoms with Gasteiger partial charge in [0.25, 0.3) is 0 Å². The number of hydrogen-bond acceptors (Lipinski definition) is 5. The Morgan fingerprint density at radius 1 is 1.38 bits per heavy atom. The summed E-state index contributed by atoms with van der Waals surface area (Å²) in [5.74, 6) is 0.573. The molecule has 0 amide bonds. The summed E-state index contributed by atoms with van der Waals surface area (Å²) in [4.78, 5) is 2.40. The largest absolute Gasteiger partial charge is 0.475 e. The van der Waals surface area contributed by atoms with E-state index in [1.54, 1.807) is 6.20 Å². The monoisotopic (exact) mass is 222 g/mol.